The number of benzene rings is 2. The highest BCUT2D eigenvalue weighted by molar-refractivity contribution is 6.42. The van der Waals surface area contributed by atoms with Crippen LogP contribution in [0.5, 0.6) is 11.6 Å². The molecule has 1 saturated heterocycles. The smallest absolute Gasteiger partial charge is 0.254 e. The van der Waals surface area contributed by atoms with E-state index >= 15 is 0 Å². The largest absolute Gasteiger partial charge is 0.438 e. The summed E-state index contributed by atoms with van der Waals surface area (Å²) in [4.78, 5) is 29.3. The van der Waals surface area contributed by atoms with Crippen molar-refractivity contribution in [3.05, 3.63) is 74.9 Å². The Morgan fingerprint density at radius 1 is 0.943 bits per heavy atom. The van der Waals surface area contributed by atoms with Gasteiger partial charge in [0.15, 0.2) is 0 Å². The number of likely N-dealkylation sites (N-methyl/N-ethyl adjacent to an activating group) is 1. The number of aromatic nitrogens is 2. The average Bonchev–Trinajstić information content (AvgIpc) is 2.87. The van der Waals surface area contributed by atoms with Crippen molar-refractivity contribution in [3.8, 4) is 11.6 Å². The standard InChI is InChI=1S/C26H27Cl2N5O2/c1-17-3-6-19(7-4-17)35-24-20-16-33(25(34)18-5-8-21(27)22(28)15-18)10-9-23(20)29-26(30-24)32-13-11-31(2)12-14-32/h3-8,15H,9-14,16H2,1-2H3. The minimum Gasteiger partial charge on any atom is -0.438 e. The van der Waals surface area contributed by atoms with Gasteiger partial charge < -0.3 is 19.4 Å². The number of hydrogen-bond acceptors (Lipinski definition) is 6. The van der Waals surface area contributed by atoms with Gasteiger partial charge in [-0.2, -0.15) is 4.98 Å². The van der Waals surface area contributed by atoms with Crippen LogP contribution in [-0.2, 0) is 13.0 Å². The number of ether oxygens (including phenoxy) is 1. The zero-order valence-electron chi connectivity index (χ0n) is 19.8. The molecule has 3 aromatic rings. The number of rotatable bonds is 4. The number of amides is 1. The van der Waals surface area contributed by atoms with Crippen LogP contribution >= 0.6 is 23.2 Å². The maximum Gasteiger partial charge on any atom is 0.254 e. The first-order chi connectivity index (χ1) is 16.9. The lowest BCUT2D eigenvalue weighted by Crippen LogP contribution is -2.45. The lowest BCUT2D eigenvalue weighted by atomic mass is 10.0. The molecule has 0 aliphatic carbocycles. The molecule has 7 nitrogen and oxygen atoms in total. The van der Waals surface area contributed by atoms with Crippen LogP contribution in [0.4, 0.5) is 5.95 Å². The normalized spacial score (nSPS) is 16.2. The van der Waals surface area contributed by atoms with Gasteiger partial charge in [-0.3, -0.25) is 4.79 Å². The van der Waals surface area contributed by atoms with Crippen molar-refractivity contribution in [3.63, 3.8) is 0 Å². The first-order valence-corrected chi connectivity index (χ1v) is 12.4. The summed E-state index contributed by atoms with van der Waals surface area (Å²) in [5, 5.41) is 0.782. The Morgan fingerprint density at radius 3 is 2.40 bits per heavy atom. The highest BCUT2D eigenvalue weighted by Gasteiger charge is 2.29. The zero-order valence-corrected chi connectivity index (χ0v) is 21.3. The molecule has 2 aromatic carbocycles. The minimum atomic E-state index is -0.112. The summed E-state index contributed by atoms with van der Waals surface area (Å²) in [6.45, 7) is 6.59. The molecule has 2 aliphatic heterocycles. The highest BCUT2D eigenvalue weighted by atomic mass is 35.5. The molecule has 3 heterocycles. The maximum absolute atomic E-state index is 13.3. The van der Waals surface area contributed by atoms with Gasteiger partial charge in [-0.25, -0.2) is 4.98 Å². The molecule has 1 fully saturated rings. The summed E-state index contributed by atoms with van der Waals surface area (Å²) in [6, 6.07) is 12.8. The summed E-state index contributed by atoms with van der Waals surface area (Å²) < 4.78 is 6.29. The number of aryl methyl sites for hydroxylation is 1. The van der Waals surface area contributed by atoms with Crippen LogP contribution in [0.1, 0.15) is 27.2 Å². The molecule has 182 valence electrons. The third kappa shape index (κ3) is 5.22. The van der Waals surface area contributed by atoms with E-state index in [0.717, 1.165) is 43.0 Å². The van der Waals surface area contributed by atoms with Gasteiger partial charge in [0, 0.05) is 44.7 Å². The fourth-order valence-electron chi connectivity index (χ4n) is 4.31. The van der Waals surface area contributed by atoms with Crippen LogP contribution < -0.4 is 9.64 Å². The molecule has 35 heavy (non-hydrogen) atoms. The van der Waals surface area contributed by atoms with Crippen molar-refractivity contribution >= 4 is 35.1 Å². The van der Waals surface area contributed by atoms with E-state index in [2.05, 4.69) is 16.8 Å². The van der Waals surface area contributed by atoms with Gasteiger partial charge in [-0.15, -0.1) is 0 Å². The SMILES string of the molecule is Cc1ccc(Oc2nc(N3CCN(C)CC3)nc3c2CN(C(=O)c2ccc(Cl)c(Cl)c2)CC3)cc1. The molecule has 0 bridgehead atoms. The first-order valence-electron chi connectivity index (χ1n) is 11.7. The van der Waals surface area contributed by atoms with E-state index in [4.69, 9.17) is 37.9 Å². The van der Waals surface area contributed by atoms with Gasteiger partial charge in [-0.1, -0.05) is 40.9 Å². The van der Waals surface area contributed by atoms with E-state index in [9.17, 15) is 4.79 Å². The predicted octanol–water partition coefficient (Wildman–Crippen LogP) is 4.83. The van der Waals surface area contributed by atoms with Crippen LogP contribution in [0.2, 0.25) is 10.0 Å². The molecule has 5 rings (SSSR count). The zero-order chi connectivity index (χ0) is 24.5. The van der Waals surface area contributed by atoms with Crippen molar-refractivity contribution in [2.45, 2.75) is 19.9 Å². The molecule has 0 spiro atoms. The minimum absolute atomic E-state index is 0.112. The number of fused-ring (bicyclic) bond motifs is 1. The fourth-order valence-corrected chi connectivity index (χ4v) is 4.60. The van der Waals surface area contributed by atoms with Crippen LogP contribution in [0.15, 0.2) is 42.5 Å². The van der Waals surface area contributed by atoms with E-state index in [1.807, 2.05) is 31.2 Å². The Hall–Kier alpha value is -2.87. The highest BCUT2D eigenvalue weighted by Crippen LogP contribution is 2.33. The van der Waals surface area contributed by atoms with Crippen LogP contribution in [0.25, 0.3) is 0 Å². The molecule has 0 N–H and O–H groups in total. The Morgan fingerprint density at radius 2 is 1.69 bits per heavy atom. The van der Waals surface area contributed by atoms with E-state index < -0.39 is 0 Å². The number of piperazine rings is 1. The van der Waals surface area contributed by atoms with E-state index in [1.165, 1.54) is 0 Å². The van der Waals surface area contributed by atoms with Crippen molar-refractivity contribution in [1.82, 2.24) is 19.8 Å². The second kappa shape index (κ2) is 10.0. The molecule has 1 amide bonds. The van der Waals surface area contributed by atoms with Gasteiger partial charge >= 0.3 is 0 Å². The summed E-state index contributed by atoms with van der Waals surface area (Å²) in [6.07, 6.45) is 0.621. The fraction of sp³-hybridized carbons (Fsp3) is 0.346. The number of nitrogens with zero attached hydrogens (tertiary/aromatic N) is 5. The lowest BCUT2D eigenvalue weighted by Gasteiger charge is -2.34. The summed E-state index contributed by atoms with van der Waals surface area (Å²) in [7, 11) is 2.12. The third-order valence-corrected chi connectivity index (χ3v) is 7.22. The first kappa shape index (κ1) is 23.9. The Kier molecular flexibility index (Phi) is 6.82. The van der Waals surface area contributed by atoms with Gasteiger partial charge in [0.05, 0.1) is 27.8 Å². The number of carbonyl (C=O) groups is 1. The predicted molar refractivity (Wildman–Crippen MR) is 138 cm³/mol. The molecule has 0 radical (unpaired) electrons. The van der Waals surface area contributed by atoms with Crippen molar-refractivity contribution < 1.29 is 9.53 Å². The summed E-state index contributed by atoms with van der Waals surface area (Å²) >= 11 is 12.2. The topological polar surface area (TPSA) is 61.8 Å². The van der Waals surface area contributed by atoms with Crippen molar-refractivity contribution in [2.24, 2.45) is 0 Å². The number of halogens is 2. The molecule has 0 atom stereocenters. The van der Waals surface area contributed by atoms with Gasteiger partial charge in [0.2, 0.25) is 11.8 Å². The summed E-state index contributed by atoms with van der Waals surface area (Å²) in [5.41, 5.74) is 3.41. The van der Waals surface area contributed by atoms with Gasteiger partial charge in [0.25, 0.3) is 5.91 Å². The molecule has 0 saturated carbocycles. The molecular weight excluding hydrogens is 485 g/mol. The maximum atomic E-state index is 13.3. The van der Waals surface area contributed by atoms with Gasteiger partial charge in [-0.05, 0) is 44.3 Å². The van der Waals surface area contributed by atoms with E-state index in [0.29, 0.717) is 52.7 Å². The van der Waals surface area contributed by atoms with Crippen LogP contribution in [-0.4, -0.2) is 65.4 Å². The van der Waals surface area contributed by atoms with Crippen LogP contribution in [0, 0.1) is 6.92 Å². The molecule has 1 aromatic heterocycles. The Labute approximate surface area is 215 Å². The quantitative estimate of drug-likeness (QED) is 0.499. The van der Waals surface area contributed by atoms with E-state index in [1.54, 1.807) is 23.1 Å². The van der Waals surface area contributed by atoms with Crippen molar-refractivity contribution in [1.29, 1.82) is 0 Å². The summed E-state index contributed by atoms with van der Waals surface area (Å²) in [5.74, 6) is 1.77. The third-order valence-electron chi connectivity index (χ3n) is 6.49. The monoisotopic (exact) mass is 511 g/mol. The van der Waals surface area contributed by atoms with Crippen LogP contribution in [0.3, 0.4) is 0 Å². The Balaban J connectivity index is 1.47. The lowest BCUT2D eigenvalue weighted by molar-refractivity contribution is 0.0732. The number of carbonyl (C=O) groups excluding carboxylic acids is 1. The number of anilines is 1. The molecule has 9 heteroatoms. The molecule has 2 aliphatic rings. The average molecular weight is 512 g/mol. The Bertz CT molecular complexity index is 1240. The second-order valence-corrected chi connectivity index (χ2v) is 9.88. The molecular formula is C26H27Cl2N5O2. The van der Waals surface area contributed by atoms with Gasteiger partial charge in [0.1, 0.15) is 5.75 Å². The second-order valence-electron chi connectivity index (χ2n) is 9.07. The van der Waals surface area contributed by atoms with Crippen molar-refractivity contribution in [2.75, 3.05) is 44.7 Å². The number of hydrogen-bond donors (Lipinski definition) is 0. The van der Waals surface area contributed by atoms with E-state index in [-0.39, 0.29) is 5.91 Å². The molecule has 0 unspecified atom stereocenters.